The molecule has 2 heteroatoms. The van der Waals surface area contributed by atoms with Crippen LogP contribution in [0.15, 0.2) is 0 Å². The summed E-state index contributed by atoms with van der Waals surface area (Å²) in [5, 5.41) is 3.28. The third-order valence-corrected chi connectivity index (χ3v) is 1.47. The van der Waals surface area contributed by atoms with Crippen LogP contribution in [0.3, 0.4) is 0 Å². The van der Waals surface area contributed by atoms with E-state index in [1.165, 1.54) is 12.8 Å². The molecule has 48 valence electrons. The summed E-state index contributed by atoms with van der Waals surface area (Å²) in [6, 6.07) is 0.755. The summed E-state index contributed by atoms with van der Waals surface area (Å²) >= 11 is 0. The average Bonchev–Trinajstić information content (AvgIpc) is 2.50. The molecule has 0 amide bonds. The van der Waals surface area contributed by atoms with E-state index >= 15 is 0 Å². The van der Waals surface area contributed by atoms with Crippen molar-refractivity contribution >= 4 is 0 Å². The summed E-state index contributed by atoms with van der Waals surface area (Å²) in [4.78, 5) is 0. The van der Waals surface area contributed by atoms with Crippen LogP contribution in [0.2, 0.25) is 0 Å². The van der Waals surface area contributed by atoms with E-state index in [0.717, 1.165) is 12.5 Å². The Hall–Kier alpha value is -0.0800. The van der Waals surface area contributed by atoms with E-state index in [1.807, 2.05) is 0 Å². The smallest absolute Gasteiger partial charge is 0.0545 e. The molecule has 0 spiro atoms. The quantitative estimate of drug-likeness (QED) is 0.522. The van der Waals surface area contributed by atoms with Crippen LogP contribution < -0.4 is 11.1 Å². The Balaban J connectivity index is 1.98. The van der Waals surface area contributed by atoms with E-state index in [1.54, 1.807) is 0 Å². The normalized spacial score (nSPS) is 23.2. The van der Waals surface area contributed by atoms with Crippen LogP contribution in [0, 0.1) is 0 Å². The molecule has 0 aromatic carbocycles. The van der Waals surface area contributed by atoms with Crippen molar-refractivity contribution in [3.8, 4) is 0 Å². The first-order valence-electron chi connectivity index (χ1n) is 3.34. The SMILES string of the molecule is CCC(N)NC1CC1. The molecule has 0 bridgehead atoms. The number of nitrogens with two attached hydrogens (primary N) is 1. The molecule has 1 rings (SSSR count). The molecule has 0 aliphatic heterocycles. The Kier molecular flexibility index (Phi) is 1.86. The largest absolute Gasteiger partial charge is 0.316 e. The molecule has 1 unspecified atom stereocenters. The van der Waals surface area contributed by atoms with Gasteiger partial charge in [0.1, 0.15) is 0 Å². The van der Waals surface area contributed by atoms with Gasteiger partial charge in [-0.3, -0.25) is 5.32 Å². The highest BCUT2D eigenvalue weighted by atomic mass is 15.1. The molecule has 0 saturated heterocycles. The van der Waals surface area contributed by atoms with Gasteiger partial charge < -0.3 is 5.73 Å². The molecule has 1 aliphatic carbocycles. The minimum Gasteiger partial charge on any atom is -0.316 e. The topological polar surface area (TPSA) is 38.0 Å². The molecule has 0 aromatic rings. The molecule has 8 heavy (non-hydrogen) atoms. The summed E-state index contributed by atoms with van der Waals surface area (Å²) in [7, 11) is 0. The number of hydrogen-bond donors (Lipinski definition) is 2. The zero-order valence-corrected chi connectivity index (χ0v) is 5.35. The van der Waals surface area contributed by atoms with Gasteiger partial charge in [-0.05, 0) is 19.3 Å². The monoisotopic (exact) mass is 114 g/mol. The van der Waals surface area contributed by atoms with Gasteiger partial charge in [0.2, 0.25) is 0 Å². The summed E-state index contributed by atoms with van der Waals surface area (Å²) < 4.78 is 0. The van der Waals surface area contributed by atoms with E-state index in [9.17, 15) is 0 Å². The van der Waals surface area contributed by atoms with Gasteiger partial charge in [0, 0.05) is 6.04 Å². The predicted octanol–water partition coefficient (Wildman–Crippen LogP) is 0.433. The maximum atomic E-state index is 5.60. The first-order chi connectivity index (χ1) is 3.83. The lowest BCUT2D eigenvalue weighted by Gasteiger charge is -2.08. The van der Waals surface area contributed by atoms with Crippen molar-refractivity contribution in [3.63, 3.8) is 0 Å². The summed E-state index contributed by atoms with van der Waals surface area (Å²) in [6.07, 6.45) is 3.93. The molecule has 1 aliphatic rings. The fourth-order valence-electron chi connectivity index (χ4n) is 0.671. The maximum absolute atomic E-state index is 5.60. The van der Waals surface area contributed by atoms with Crippen LogP contribution in [-0.4, -0.2) is 12.2 Å². The highest BCUT2D eigenvalue weighted by molar-refractivity contribution is 4.82. The van der Waals surface area contributed by atoms with Gasteiger partial charge in [0.25, 0.3) is 0 Å². The molecular weight excluding hydrogens is 100 g/mol. The predicted molar refractivity (Wildman–Crippen MR) is 34.4 cm³/mol. The lowest BCUT2D eigenvalue weighted by molar-refractivity contribution is 0.511. The van der Waals surface area contributed by atoms with Crippen LogP contribution in [0.1, 0.15) is 26.2 Å². The maximum Gasteiger partial charge on any atom is 0.0545 e. The van der Waals surface area contributed by atoms with Crippen LogP contribution in [-0.2, 0) is 0 Å². The van der Waals surface area contributed by atoms with E-state index in [2.05, 4.69) is 12.2 Å². The third kappa shape index (κ3) is 1.80. The van der Waals surface area contributed by atoms with Crippen LogP contribution in [0.25, 0.3) is 0 Å². The Morgan fingerprint density at radius 3 is 2.75 bits per heavy atom. The summed E-state index contributed by atoms with van der Waals surface area (Å²) in [6.45, 7) is 2.10. The second kappa shape index (κ2) is 2.46. The van der Waals surface area contributed by atoms with E-state index in [4.69, 9.17) is 5.73 Å². The minimum atomic E-state index is 0.238. The van der Waals surface area contributed by atoms with E-state index in [-0.39, 0.29) is 6.17 Å². The van der Waals surface area contributed by atoms with Crippen LogP contribution >= 0.6 is 0 Å². The summed E-state index contributed by atoms with van der Waals surface area (Å²) in [5.41, 5.74) is 5.60. The van der Waals surface area contributed by atoms with Crippen molar-refractivity contribution < 1.29 is 0 Å². The zero-order valence-electron chi connectivity index (χ0n) is 5.35. The zero-order chi connectivity index (χ0) is 5.98. The molecule has 0 aromatic heterocycles. The second-order valence-corrected chi connectivity index (χ2v) is 2.46. The Morgan fingerprint density at radius 2 is 2.38 bits per heavy atom. The minimum absolute atomic E-state index is 0.238. The second-order valence-electron chi connectivity index (χ2n) is 2.46. The molecule has 1 atom stereocenters. The Morgan fingerprint density at radius 1 is 1.75 bits per heavy atom. The molecule has 0 radical (unpaired) electrons. The fraction of sp³-hybridized carbons (Fsp3) is 1.00. The Labute approximate surface area is 50.4 Å². The van der Waals surface area contributed by atoms with Crippen molar-refractivity contribution in [2.24, 2.45) is 5.73 Å². The highest BCUT2D eigenvalue weighted by Gasteiger charge is 2.21. The molecule has 1 fully saturated rings. The fourth-order valence-corrected chi connectivity index (χ4v) is 0.671. The molecule has 0 heterocycles. The van der Waals surface area contributed by atoms with Crippen LogP contribution in [0.5, 0.6) is 0 Å². The van der Waals surface area contributed by atoms with Crippen molar-refractivity contribution in [2.75, 3.05) is 0 Å². The van der Waals surface area contributed by atoms with Gasteiger partial charge in [-0.2, -0.15) is 0 Å². The lowest BCUT2D eigenvalue weighted by Crippen LogP contribution is -2.37. The number of nitrogens with one attached hydrogen (secondary N) is 1. The van der Waals surface area contributed by atoms with Crippen LogP contribution in [0.4, 0.5) is 0 Å². The third-order valence-electron chi connectivity index (χ3n) is 1.47. The highest BCUT2D eigenvalue weighted by Crippen LogP contribution is 2.18. The van der Waals surface area contributed by atoms with Crippen molar-refractivity contribution in [2.45, 2.75) is 38.4 Å². The standard InChI is InChI=1S/C6H14N2/c1-2-6(7)8-5-3-4-5/h5-6,8H,2-4,7H2,1H3. The number of hydrogen-bond acceptors (Lipinski definition) is 2. The van der Waals surface area contributed by atoms with Gasteiger partial charge in [-0.1, -0.05) is 6.92 Å². The average molecular weight is 114 g/mol. The van der Waals surface area contributed by atoms with Gasteiger partial charge in [-0.25, -0.2) is 0 Å². The van der Waals surface area contributed by atoms with E-state index < -0.39 is 0 Å². The molecule has 1 saturated carbocycles. The molecule has 2 nitrogen and oxygen atoms in total. The first kappa shape index (κ1) is 6.05. The van der Waals surface area contributed by atoms with Gasteiger partial charge in [0.15, 0.2) is 0 Å². The van der Waals surface area contributed by atoms with Gasteiger partial charge in [0.05, 0.1) is 6.17 Å². The molecule has 3 N–H and O–H groups in total. The lowest BCUT2D eigenvalue weighted by atomic mass is 10.4. The van der Waals surface area contributed by atoms with E-state index in [0.29, 0.717) is 0 Å². The van der Waals surface area contributed by atoms with Gasteiger partial charge in [-0.15, -0.1) is 0 Å². The summed E-state index contributed by atoms with van der Waals surface area (Å²) in [5.74, 6) is 0. The van der Waals surface area contributed by atoms with Crippen molar-refractivity contribution in [3.05, 3.63) is 0 Å². The first-order valence-corrected chi connectivity index (χ1v) is 3.34. The van der Waals surface area contributed by atoms with Crippen molar-refractivity contribution in [1.29, 1.82) is 0 Å². The van der Waals surface area contributed by atoms with Gasteiger partial charge >= 0.3 is 0 Å². The number of rotatable bonds is 3. The Bertz CT molecular complexity index is 68.9. The van der Waals surface area contributed by atoms with Crippen molar-refractivity contribution in [1.82, 2.24) is 5.32 Å². The molecular formula is C6H14N2.